The van der Waals surface area contributed by atoms with Gasteiger partial charge < -0.3 is 18.9 Å². The first kappa shape index (κ1) is 28.8. The topological polar surface area (TPSA) is 76.1 Å². The first-order chi connectivity index (χ1) is 17.1. The van der Waals surface area contributed by atoms with E-state index in [1.54, 1.807) is 0 Å². The van der Waals surface area contributed by atoms with Crippen LogP contribution in [0.2, 0.25) is 36.3 Å². The van der Waals surface area contributed by atoms with E-state index in [-0.39, 0.29) is 29.7 Å². The summed E-state index contributed by atoms with van der Waals surface area (Å²) < 4.78 is 13.1. The lowest BCUT2D eigenvalue weighted by molar-refractivity contribution is -0.160. The zero-order valence-corrected chi connectivity index (χ0v) is 25.2. The maximum atomic E-state index is 13.3. The summed E-state index contributed by atoms with van der Waals surface area (Å²) in [4.78, 5) is 27.1. The lowest BCUT2D eigenvalue weighted by Crippen LogP contribution is -2.63. The average molecular weight is 532 g/mol. The Bertz CT molecular complexity index is 969. The van der Waals surface area contributed by atoms with E-state index in [2.05, 4.69) is 41.5 Å². The van der Waals surface area contributed by atoms with Crippen LogP contribution in [-0.2, 0) is 25.0 Å². The van der Waals surface area contributed by atoms with Crippen molar-refractivity contribution in [3.63, 3.8) is 0 Å². The van der Waals surface area contributed by atoms with Gasteiger partial charge in [0.2, 0.25) is 5.91 Å². The van der Waals surface area contributed by atoms with Crippen molar-refractivity contribution in [2.24, 2.45) is 5.92 Å². The molecule has 0 aromatic heterocycles. The molecule has 1 N–H and O–H groups in total. The number of amides is 1. The van der Waals surface area contributed by atoms with E-state index in [1.807, 2.05) is 31.2 Å². The van der Waals surface area contributed by atoms with Crippen LogP contribution in [0.25, 0.3) is 5.57 Å². The molecule has 3 rings (SSSR count). The molecule has 1 saturated heterocycles. The van der Waals surface area contributed by atoms with Gasteiger partial charge in [-0.3, -0.25) is 4.79 Å². The van der Waals surface area contributed by atoms with E-state index in [0.717, 1.165) is 53.0 Å². The van der Waals surface area contributed by atoms with Crippen molar-refractivity contribution in [3.8, 4) is 0 Å². The fourth-order valence-electron chi connectivity index (χ4n) is 6.12. The third kappa shape index (κ3) is 5.28. The van der Waals surface area contributed by atoms with E-state index in [1.165, 1.54) is 4.90 Å². The van der Waals surface area contributed by atoms with Gasteiger partial charge in [0.15, 0.2) is 16.6 Å². The number of hydrogen-bond donors (Lipinski definition) is 1. The summed E-state index contributed by atoms with van der Waals surface area (Å²) in [5.74, 6) is -1.44. The van der Waals surface area contributed by atoms with Gasteiger partial charge >= 0.3 is 5.97 Å². The van der Waals surface area contributed by atoms with Crippen LogP contribution >= 0.6 is 0 Å². The molecule has 1 fully saturated rings. The monoisotopic (exact) mass is 531 g/mol. The van der Waals surface area contributed by atoms with E-state index < -0.39 is 22.6 Å². The summed E-state index contributed by atoms with van der Waals surface area (Å²) in [5.41, 5.74) is 2.80. The molecular weight excluding hydrogens is 486 g/mol. The van der Waals surface area contributed by atoms with Gasteiger partial charge in [-0.15, -0.1) is 0 Å². The Labute approximate surface area is 219 Å². The van der Waals surface area contributed by atoms with Crippen LogP contribution in [0.15, 0.2) is 30.0 Å². The first-order valence-electron chi connectivity index (χ1n) is 13.9. The van der Waals surface area contributed by atoms with Crippen molar-refractivity contribution < 1.29 is 23.5 Å². The number of carbonyl (C=O) groups excluding carboxylic acids is 1. The molecule has 0 saturated carbocycles. The van der Waals surface area contributed by atoms with Gasteiger partial charge in [0, 0.05) is 0 Å². The Hall–Kier alpha value is -1.75. The third-order valence-electron chi connectivity index (χ3n) is 9.04. The maximum absolute atomic E-state index is 13.3. The zero-order valence-electron chi connectivity index (χ0n) is 23.2. The van der Waals surface area contributed by atoms with Gasteiger partial charge in [-0.25, -0.2) is 4.79 Å². The highest BCUT2D eigenvalue weighted by atomic mass is 28.4. The molecule has 2 heterocycles. The molecule has 2 aliphatic heterocycles. The van der Waals surface area contributed by atoms with Crippen LogP contribution in [0.3, 0.4) is 0 Å². The highest BCUT2D eigenvalue weighted by molar-refractivity contribution is 6.74. The molecular formula is C28H45NO5Si2. The molecule has 8 heteroatoms. The van der Waals surface area contributed by atoms with E-state index in [4.69, 9.17) is 8.85 Å². The minimum Gasteiger partial charge on any atom is -0.477 e. The van der Waals surface area contributed by atoms with Crippen molar-refractivity contribution >= 4 is 34.1 Å². The fraction of sp³-hybridized carbons (Fsp3) is 0.643. The summed E-state index contributed by atoms with van der Waals surface area (Å²) in [5, 5.41) is 10.1. The van der Waals surface area contributed by atoms with Crippen LogP contribution in [0.4, 0.5) is 0 Å². The molecule has 0 radical (unpaired) electrons. The average Bonchev–Trinajstić information content (AvgIpc) is 3.24. The van der Waals surface area contributed by atoms with Crippen molar-refractivity contribution in [1.29, 1.82) is 0 Å². The standard InChI is InChI=1S/C28H45NO5Si2/c1-8-35(9-2,10-3)33-19-21-15-14-16-22(17-21)23-18-24-25(27(30)29(24)26(23)28(31)32)20(7)34-36(11-4,12-5)13-6/h14-17,20,24-25H,8-13,18-19H2,1-7H3,(H,31,32)/t20-,24-,25-/m1/s1. The smallest absolute Gasteiger partial charge is 0.352 e. The normalized spacial score (nSPS) is 21.0. The largest absolute Gasteiger partial charge is 0.477 e. The van der Waals surface area contributed by atoms with E-state index >= 15 is 0 Å². The van der Waals surface area contributed by atoms with Crippen molar-refractivity contribution in [1.82, 2.24) is 4.90 Å². The number of aliphatic carboxylic acids is 1. The molecule has 36 heavy (non-hydrogen) atoms. The number of hydrogen-bond acceptors (Lipinski definition) is 4. The van der Waals surface area contributed by atoms with Crippen LogP contribution in [0, 0.1) is 5.92 Å². The quantitative estimate of drug-likeness (QED) is 0.215. The highest BCUT2D eigenvalue weighted by Crippen LogP contribution is 2.48. The third-order valence-corrected chi connectivity index (χ3v) is 18.4. The van der Waals surface area contributed by atoms with Gasteiger partial charge in [0.25, 0.3) is 0 Å². The molecule has 6 nitrogen and oxygen atoms in total. The van der Waals surface area contributed by atoms with Gasteiger partial charge in [-0.1, -0.05) is 59.7 Å². The number of β-lactam (4-membered cyclic amide) rings is 1. The molecule has 200 valence electrons. The summed E-state index contributed by atoms with van der Waals surface area (Å²) in [6.45, 7) is 15.8. The van der Waals surface area contributed by atoms with Gasteiger partial charge in [0.1, 0.15) is 5.70 Å². The number of fused-ring (bicyclic) bond motifs is 1. The van der Waals surface area contributed by atoms with Gasteiger partial charge in [-0.05, 0) is 72.4 Å². The summed E-state index contributed by atoms with van der Waals surface area (Å²) in [7, 11) is -3.59. The Morgan fingerprint density at radius 3 is 2.14 bits per heavy atom. The summed E-state index contributed by atoms with van der Waals surface area (Å²) >= 11 is 0. The summed E-state index contributed by atoms with van der Waals surface area (Å²) in [6, 6.07) is 14.2. The number of nitrogens with zero attached hydrogens (tertiary/aromatic N) is 1. The molecule has 0 unspecified atom stereocenters. The van der Waals surface area contributed by atoms with Crippen molar-refractivity contribution in [3.05, 3.63) is 41.1 Å². The molecule has 0 aliphatic carbocycles. The Morgan fingerprint density at radius 2 is 1.61 bits per heavy atom. The van der Waals surface area contributed by atoms with Gasteiger partial charge in [0.05, 0.1) is 24.7 Å². The Balaban J connectivity index is 1.83. The van der Waals surface area contributed by atoms with Crippen LogP contribution in [0.5, 0.6) is 0 Å². The van der Waals surface area contributed by atoms with E-state index in [0.29, 0.717) is 13.0 Å². The van der Waals surface area contributed by atoms with E-state index in [9.17, 15) is 14.7 Å². The number of carbonyl (C=O) groups is 2. The number of benzene rings is 1. The molecule has 0 spiro atoms. The number of rotatable bonds is 14. The minimum absolute atomic E-state index is 0.116. The maximum Gasteiger partial charge on any atom is 0.352 e. The second-order valence-electron chi connectivity index (χ2n) is 10.4. The molecule has 3 atom stereocenters. The second-order valence-corrected chi connectivity index (χ2v) is 19.9. The second kappa shape index (κ2) is 11.8. The zero-order chi connectivity index (χ0) is 26.7. The molecule has 1 aromatic rings. The summed E-state index contributed by atoms with van der Waals surface area (Å²) in [6.07, 6.45) is 0.349. The highest BCUT2D eigenvalue weighted by Gasteiger charge is 2.57. The van der Waals surface area contributed by atoms with Crippen molar-refractivity contribution in [2.75, 3.05) is 0 Å². The van der Waals surface area contributed by atoms with Crippen LogP contribution in [-0.4, -0.2) is 50.7 Å². The SMILES string of the molecule is CC[Si](CC)(CC)OCc1cccc(C2=C(C(=O)O)N3C(=O)[C@H]([C@@H](C)O[Si](CC)(CC)CC)[C@H]3C2)c1. The lowest BCUT2D eigenvalue weighted by atomic mass is 9.82. The molecule has 1 aromatic carbocycles. The Kier molecular flexibility index (Phi) is 9.41. The number of carboxylic acids is 1. The lowest BCUT2D eigenvalue weighted by Gasteiger charge is -2.47. The predicted octanol–water partition coefficient (Wildman–Crippen LogP) is 6.65. The fourth-order valence-corrected chi connectivity index (χ4v) is 11.6. The van der Waals surface area contributed by atoms with Crippen LogP contribution in [0.1, 0.15) is 66.0 Å². The first-order valence-corrected chi connectivity index (χ1v) is 18.9. The predicted molar refractivity (Wildman–Crippen MR) is 149 cm³/mol. The Morgan fingerprint density at radius 1 is 1.03 bits per heavy atom. The van der Waals surface area contributed by atoms with Crippen LogP contribution < -0.4 is 0 Å². The molecule has 1 amide bonds. The molecule has 2 aliphatic rings. The number of carboxylic acid groups (broad SMARTS) is 1. The minimum atomic E-state index is -1.87. The molecule has 0 bridgehead atoms. The van der Waals surface area contributed by atoms with Crippen molar-refractivity contribution in [2.45, 2.75) is 110 Å². The van der Waals surface area contributed by atoms with Gasteiger partial charge in [-0.2, -0.15) is 0 Å².